The fourth-order valence-electron chi connectivity index (χ4n) is 3.37. The molecule has 0 bridgehead atoms. The van der Waals surface area contributed by atoms with Gasteiger partial charge in [0.05, 0.1) is 0 Å². The molecule has 0 fully saturated rings. The molecule has 2 N–H and O–H groups in total. The zero-order valence-corrected chi connectivity index (χ0v) is 25.2. The van der Waals surface area contributed by atoms with Gasteiger partial charge in [-0.3, -0.25) is 0 Å². The second-order valence-electron chi connectivity index (χ2n) is 12.5. The van der Waals surface area contributed by atoms with E-state index in [-0.39, 0.29) is 10.1 Å². The molecule has 3 nitrogen and oxygen atoms in total. The van der Waals surface area contributed by atoms with Gasteiger partial charge in [0.1, 0.15) is 11.5 Å². The lowest BCUT2D eigenvalue weighted by Crippen LogP contribution is -2.43. The number of rotatable bonds is 6. The maximum Gasteiger partial charge on any atom is 0.250 e. The Balaban J connectivity index is 1.84. The van der Waals surface area contributed by atoms with Crippen molar-refractivity contribution in [1.29, 1.82) is 0 Å². The molecule has 188 valence electrons. The van der Waals surface area contributed by atoms with E-state index in [1.807, 2.05) is 0 Å². The first-order valence-corrected chi connectivity index (χ1v) is 18.3. The van der Waals surface area contributed by atoms with Gasteiger partial charge in [-0.15, -0.1) is 0 Å². The maximum atomic E-state index is 6.69. The summed E-state index contributed by atoms with van der Waals surface area (Å²) in [7, 11) is -3.74. The van der Waals surface area contributed by atoms with Crippen LogP contribution < -0.4 is 14.6 Å². The highest BCUT2D eigenvalue weighted by atomic mass is 28.4. The summed E-state index contributed by atoms with van der Waals surface area (Å²) in [5.41, 5.74) is 11.7. The minimum atomic E-state index is -1.87. The molecular weight excluding hydrogens is 463 g/mol. The monoisotopic (exact) mass is 505 g/mol. The van der Waals surface area contributed by atoms with Crippen LogP contribution in [0.5, 0.6) is 11.5 Å². The number of nitrogens with two attached hydrogens (primary N) is 1. The minimum Gasteiger partial charge on any atom is -0.544 e. The average Bonchev–Trinajstić information content (AvgIpc) is 2.73. The van der Waals surface area contributed by atoms with Crippen LogP contribution in [0.2, 0.25) is 36.3 Å². The zero-order valence-electron chi connectivity index (χ0n) is 23.2. The van der Waals surface area contributed by atoms with E-state index in [1.54, 1.807) is 0 Å². The molecule has 35 heavy (non-hydrogen) atoms. The third kappa shape index (κ3) is 6.01. The van der Waals surface area contributed by atoms with Gasteiger partial charge < -0.3 is 14.6 Å². The normalized spacial score (nSPS) is 13.0. The molecule has 0 aliphatic heterocycles. The SMILES string of the molecule is CC(C)(C)[Si](C)(C)Oc1ccc(-c2cccc(-c3ccc(O[Si](C)(C)C(C)(C)C)cc3)c2N)cc1. The minimum absolute atomic E-state index is 0.162. The van der Waals surface area contributed by atoms with E-state index in [2.05, 4.69) is 134 Å². The second-order valence-corrected chi connectivity index (χ2v) is 22.0. The van der Waals surface area contributed by atoms with Gasteiger partial charge in [0.15, 0.2) is 0 Å². The van der Waals surface area contributed by atoms with E-state index < -0.39 is 16.6 Å². The van der Waals surface area contributed by atoms with E-state index >= 15 is 0 Å². The lowest BCUT2D eigenvalue weighted by molar-refractivity contribution is 0.492. The first kappa shape index (κ1) is 27.1. The number of hydrogen-bond donors (Lipinski definition) is 1. The molecule has 5 heteroatoms. The van der Waals surface area contributed by atoms with Crippen LogP contribution in [0.1, 0.15) is 41.5 Å². The highest BCUT2D eigenvalue weighted by Crippen LogP contribution is 2.40. The molecular formula is C30H43NO2Si2. The van der Waals surface area contributed by atoms with Gasteiger partial charge in [-0.2, -0.15) is 0 Å². The molecule has 0 aliphatic carbocycles. The molecule has 3 aromatic rings. The average molecular weight is 506 g/mol. The van der Waals surface area contributed by atoms with Gasteiger partial charge >= 0.3 is 0 Å². The van der Waals surface area contributed by atoms with Crippen molar-refractivity contribution < 1.29 is 8.85 Å². The van der Waals surface area contributed by atoms with E-state index in [4.69, 9.17) is 14.6 Å². The third-order valence-corrected chi connectivity index (χ3v) is 16.5. The Morgan fingerprint density at radius 1 is 0.543 bits per heavy atom. The fourth-order valence-corrected chi connectivity index (χ4v) is 5.43. The van der Waals surface area contributed by atoms with E-state index in [9.17, 15) is 0 Å². The molecule has 0 saturated carbocycles. The summed E-state index contributed by atoms with van der Waals surface area (Å²) in [5, 5.41) is 0.325. The molecule has 0 spiro atoms. The lowest BCUT2D eigenvalue weighted by Gasteiger charge is -2.36. The Morgan fingerprint density at radius 3 is 1.14 bits per heavy atom. The Kier molecular flexibility index (Phi) is 7.36. The number of hydrogen-bond acceptors (Lipinski definition) is 3. The summed E-state index contributed by atoms with van der Waals surface area (Å²) in [5.74, 6) is 1.85. The molecule has 3 aromatic carbocycles. The largest absolute Gasteiger partial charge is 0.544 e. The number of benzene rings is 3. The van der Waals surface area contributed by atoms with Gasteiger partial charge in [0.25, 0.3) is 0 Å². The van der Waals surface area contributed by atoms with Crippen LogP contribution in [0.15, 0.2) is 66.7 Å². The molecule has 0 radical (unpaired) electrons. The molecule has 0 heterocycles. The first-order valence-electron chi connectivity index (χ1n) is 12.5. The van der Waals surface area contributed by atoms with Crippen molar-refractivity contribution in [3.63, 3.8) is 0 Å². The summed E-state index contributed by atoms with van der Waals surface area (Å²) in [6.07, 6.45) is 0. The Bertz CT molecular complexity index is 1060. The zero-order chi connectivity index (χ0) is 26.2. The third-order valence-electron chi connectivity index (χ3n) is 7.80. The van der Waals surface area contributed by atoms with Crippen molar-refractivity contribution in [2.24, 2.45) is 0 Å². The molecule has 0 aromatic heterocycles. The van der Waals surface area contributed by atoms with Crippen molar-refractivity contribution in [3.8, 4) is 33.8 Å². The Hall–Kier alpha value is -2.51. The molecule has 3 rings (SSSR count). The quantitative estimate of drug-likeness (QED) is 0.268. The van der Waals surface area contributed by atoms with E-state index in [0.717, 1.165) is 39.4 Å². The van der Waals surface area contributed by atoms with Crippen molar-refractivity contribution in [2.45, 2.75) is 77.8 Å². The van der Waals surface area contributed by atoms with Crippen LogP contribution in [0.4, 0.5) is 5.69 Å². The summed E-state index contributed by atoms with van der Waals surface area (Å²) in [4.78, 5) is 0. The summed E-state index contributed by atoms with van der Waals surface area (Å²) in [6, 6.07) is 22.9. The Labute approximate surface area is 215 Å². The lowest BCUT2D eigenvalue weighted by atomic mass is 9.96. The van der Waals surface area contributed by atoms with Gasteiger partial charge in [-0.1, -0.05) is 84.0 Å². The molecule has 0 unspecified atom stereocenters. The number of anilines is 1. The van der Waals surface area contributed by atoms with Crippen molar-refractivity contribution >= 4 is 22.3 Å². The van der Waals surface area contributed by atoms with Crippen LogP contribution >= 0.6 is 0 Å². The summed E-state index contributed by atoms with van der Waals surface area (Å²) < 4.78 is 12.9. The van der Waals surface area contributed by atoms with Crippen molar-refractivity contribution in [3.05, 3.63) is 66.7 Å². The standard InChI is InChI=1S/C30H43NO2Si2/c1-29(2,3)34(7,8)32-24-18-14-22(15-19-24)26-12-11-13-27(28(26)31)23-16-20-25(21-17-23)33-35(9,10)30(4,5)6/h11-21H,31H2,1-10H3. The highest BCUT2D eigenvalue weighted by Gasteiger charge is 2.39. The van der Waals surface area contributed by atoms with Crippen molar-refractivity contribution in [2.75, 3.05) is 5.73 Å². The van der Waals surface area contributed by atoms with Crippen LogP contribution in [0, 0.1) is 0 Å². The molecule has 0 amide bonds. The van der Waals surface area contributed by atoms with Gasteiger partial charge in [-0.05, 0) is 71.7 Å². The first-order chi connectivity index (χ1) is 16.0. The van der Waals surface area contributed by atoms with E-state index in [0.29, 0.717) is 0 Å². The number of nitrogen functional groups attached to an aromatic ring is 1. The topological polar surface area (TPSA) is 44.5 Å². The van der Waals surface area contributed by atoms with Gasteiger partial charge in [0.2, 0.25) is 16.6 Å². The summed E-state index contributed by atoms with van der Waals surface area (Å²) >= 11 is 0. The summed E-state index contributed by atoms with van der Waals surface area (Å²) in [6.45, 7) is 22.6. The molecule has 0 aliphatic rings. The van der Waals surface area contributed by atoms with Gasteiger partial charge in [-0.25, -0.2) is 0 Å². The predicted molar refractivity (Wildman–Crippen MR) is 157 cm³/mol. The van der Waals surface area contributed by atoms with Crippen LogP contribution in [0.3, 0.4) is 0 Å². The van der Waals surface area contributed by atoms with Crippen LogP contribution in [0.25, 0.3) is 22.3 Å². The maximum absolute atomic E-state index is 6.69. The van der Waals surface area contributed by atoms with E-state index in [1.165, 1.54) is 0 Å². The van der Waals surface area contributed by atoms with Crippen molar-refractivity contribution in [1.82, 2.24) is 0 Å². The smallest absolute Gasteiger partial charge is 0.250 e. The molecule has 0 atom stereocenters. The van der Waals surface area contributed by atoms with Crippen LogP contribution in [-0.4, -0.2) is 16.6 Å². The van der Waals surface area contributed by atoms with Gasteiger partial charge in [0, 0.05) is 16.8 Å². The Morgan fingerprint density at radius 2 is 0.857 bits per heavy atom. The second kappa shape index (κ2) is 9.51. The predicted octanol–water partition coefficient (Wildman–Crippen LogP) is 9.37. The fraction of sp³-hybridized carbons (Fsp3) is 0.400. The van der Waals surface area contributed by atoms with Crippen LogP contribution in [-0.2, 0) is 0 Å². The molecule has 0 saturated heterocycles. The highest BCUT2D eigenvalue weighted by molar-refractivity contribution is 6.75. The number of para-hydroxylation sites is 1.